The molecule has 2 unspecified atom stereocenters. The Kier molecular flexibility index (Phi) is 4.56. The van der Waals surface area contributed by atoms with Crippen molar-refractivity contribution in [2.45, 2.75) is 44.4 Å². The maximum absolute atomic E-state index is 13.2. The first-order valence-electron chi connectivity index (χ1n) is 9.12. The molecule has 25 heavy (non-hydrogen) atoms. The van der Waals surface area contributed by atoms with Gasteiger partial charge in [-0.05, 0) is 49.9 Å². The van der Waals surface area contributed by atoms with Gasteiger partial charge < -0.3 is 24.2 Å². The van der Waals surface area contributed by atoms with Gasteiger partial charge in [0.15, 0.2) is 0 Å². The Morgan fingerprint density at radius 3 is 2.76 bits per heavy atom. The lowest BCUT2D eigenvalue weighted by Gasteiger charge is -2.48. The topological polar surface area (TPSA) is 68.2 Å². The maximum atomic E-state index is 13.2. The van der Waals surface area contributed by atoms with E-state index >= 15 is 0 Å². The molecule has 2 saturated heterocycles. The van der Waals surface area contributed by atoms with Crippen molar-refractivity contribution in [1.29, 1.82) is 0 Å². The number of nitrogens with zero attached hydrogens (tertiary/aromatic N) is 1. The number of amides is 1. The zero-order valence-corrected chi connectivity index (χ0v) is 14.5. The number of morpholine rings is 1. The summed E-state index contributed by atoms with van der Waals surface area (Å²) < 4.78 is 17.0. The molecule has 136 valence electrons. The second-order valence-electron chi connectivity index (χ2n) is 7.13. The van der Waals surface area contributed by atoms with Crippen molar-refractivity contribution >= 4 is 5.91 Å². The molecule has 0 radical (unpaired) electrons. The van der Waals surface area contributed by atoms with Crippen LogP contribution in [0.5, 0.6) is 11.5 Å². The molecule has 0 saturated carbocycles. The SMILES string of the molecule is CCOc1ccc2c(c1)CC(C(=O)N1[C@@H]3COC[C@H]1CC(O)C3)CO2. The molecule has 3 aliphatic rings. The summed E-state index contributed by atoms with van der Waals surface area (Å²) in [5, 5.41) is 10.0. The zero-order chi connectivity index (χ0) is 17.4. The number of piperidine rings is 1. The number of aliphatic hydroxyl groups excluding tert-OH is 1. The lowest BCUT2D eigenvalue weighted by atomic mass is 9.88. The van der Waals surface area contributed by atoms with E-state index in [1.807, 2.05) is 30.0 Å². The predicted molar refractivity (Wildman–Crippen MR) is 90.8 cm³/mol. The van der Waals surface area contributed by atoms with Gasteiger partial charge in [-0.3, -0.25) is 4.79 Å². The van der Waals surface area contributed by atoms with Crippen molar-refractivity contribution in [3.05, 3.63) is 23.8 Å². The molecule has 4 atom stereocenters. The summed E-state index contributed by atoms with van der Waals surface area (Å²) in [6.45, 7) is 3.99. The molecule has 2 fully saturated rings. The first-order valence-corrected chi connectivity index (χ1v) is 9.12. The third kappa shape index (κ3) is 3.20. The molecule has 3 aliphatic heterocycles. The van der Waals surface area contributed by atoms with E-state index in [4.69, 9.17) is 14.2 Å². The highest BCUT2D eigenvalue weighted by molar-refractivity contribution is 5.81. The first-order chi connectivity index (χ1) is 12.2. The zero-order valence-electron chi connectivity index (χ0n) is 14.5. The van der Waals surface area contributed by atoms with Crippen molar-refractivity contribution in [3.8, 4) is 11.5 Å². The Bertz CT molecular complexity index is 635. The van der Waals surface area contributed by atoms with E-state index in [0.29, 0.717) is 45.7 Å². The van der Waals surface area contributed by atoms with Crippen LogP contribution in [0.25, 0.3) is 0 Å². The number of ether oxygens (including phenoxy) is 3. The second-order valence-corrected chi connectivity index (χ2v) is 7.13. The number of hydrogen-bond donors (Lipinski definition) is 1. The molecule has 3 heterocycles. The van der Waals surface area contributed by atoms with E-state index in [1.54, 1.807) is 0 Å². The lowest BCUT2D eigenvalue weighted by Crippen LogP contribution is -2.62. The summed E-state index contributed by atoms with van der Waals surface area (Å²) in [5.41, 5.74) is 1.02. The molecular formula is C19H25NO5. The van der Waals surface area contributed by atoms with E-state index in [2.05, 4.69) is 0 Å². The Morgan fingerprint density at radius 1 is 1.28 bits per heavy atom. The van der Waals surface area contributed by atoms with Crippen LogP contribution >= 0.6 is 0 Å². The van der Waals surface area contributed by atoms with Gasteiger partial charge in [-0.15, -0.1) is 0 Å². The molecule has 0 aromatic heterocycles. The van der Waals surface area contributed by atoms with Crippen molar-refractivity contribution < 1.29 is 24.1 Å². The van der Waals surface area contributed by atoms with Gasteiger partial charge in [0.05, 0.1) is 43.9 Å². The van der Waals surface area contributed by atoms with E-state index in [9.17, 15) is 9.90 Å². The van der Waals surface area contributed by atoms with Gasteiger partial charge in [-0.25, -0.2) is 0 Å². The third-order valence-corrected chi connectivity index (χ3v) is 5.35. The number of fused-ring (bicyclic) bond motifs is 3. The lowest BCUT2D eigenvalue weighted by molar-refractivity contribution is -0.162. The third-order valence-electron chi connectivity index (χ3n) is 5.35. The number of benzene rings is 1. The summed E-state index contributed by atoms with van der Waals surface area (Å²) in [5.74, 6) is 1.58. The van der Waals surface area contributed by atoms with Crippen LogP contribution in [0.1, 0.15) is 25.3 Å². The van der Waals surface area contributed by atoms with Gasteiger partial charge in [-0.2, -0.15) is 0 Å². The summed E-state index contributed by atoms with van der Waals surface area (Å²) in [4.78, 5) is 15.1. The summed E-state index contributed by atoms with van der Waals surface area (Å²) in [6, 6.07) is 5.75. The van der Waals surface area contributed by atoms with Gasteiger partial charge in [0.1, 0.15) is 18.1 Å². The van der Waals surface area contributed by atoms with Crippen LogP contribution in [0.4, 0.5) is 0 Å². The van der Waals surface area contributed by atoms with Gasteiger partial charge >= 0.3 is 0 Å². The average molecular weight is 347 g/mol. The summed E-state index contributed by atoms with van der Waals surface area (Å²) in [6.07, 6.45) is 1.52. The van der Waals surface area contributed by atoms with E-state index in [0.717, 1.165) is 17.1 Å². The minimum absolute atomic E-state index is 0.0221. The molecule has 0 aliphatic carbocycles. The number of aliphatic hydroxyl groups is 1. The minimum Gasteiger partial charge on any atom is -0.494 e. The van der Waals surface area contributed by atoms with E-state index in [1.165, 1.54) is 0 Å². The number of carbonyl (C=O) groups excluding carboxylic acids is 1. The molecule has 1 N–H and O–H groups in total. The molecule has 1 aromatic carbocycles. The Balaban J connectivity index is 1.51. The fraction of sp³-hybridized carbons (Fsp3) is 0.632. The molecule has 6 heteroatoms. The number of rotatable bonds is 3. The smallest absolute Gasteiger partial charge is 0.230 e. The van der Waals surface area contributed by atoms with Crippen molar-refractivity contribution in [1.82, 2.24) is 4.90 Å². The van der Waals surface area contributed by atoms with Crippen LogP contribution in [0, 0.1) is 5.92 Å². The normalized spacial score (nSPS) is 31.0. The Hall–Kier alpha value is -1.79. The summed E-state index contributed by atoms with van der Waals surface area (Å²) in [7, 11) is 0. The highest BCUT2D eigenvalue weighted by atomic mass is 16.5. The fourth-order valence-electron chi connectivity index (χ4n) is 4.24. The quantitative estimate of drug-likeness (QED) is 0.895. The maximum Gasteiger partial charge on any atom is 0.230 e. The van der Waals surface area contributed by atoms with Crippen molar-refractivity contribution in [3.63, 3.8) is 0 Å². The van der Waals surface area contributed by atoms with E-state index < -0.39 is 0 Å². The highest BCUT2D eigenvalue weighted by Crippen LogP contribution is 2.34. The monoisotopic (exact) mass is 347 g/mol. The largest absolute Gasteiger partial charge is 0.494 e. The summed E-state index contributed by atoms with van der Waals surface area (Å²) >= 11 is 0. The van der Waals surface area contributed by atoms with Gasteiger partial charge in [0.2, 0.25) is 5.91 Å². The Labute approximate surface area is 147 Å². The van der Waals surface area contributed by atoms with Crippen LogP contribution in [-0.4, -0.2) is 60.5 Å². The van der Waals surface area contributed by atoms with Gasteiger partial charge in [0, 0.05) is 0 Å². The molecule has 1 amide bonds. The molecule has 4 rings (SSSR count). The van der Waals surface area contributed by atoms with Crippen LogP contribution in [0.3, 0.4) is 0 Å². The van der Waals surface area contributed by atoms with Gasteiger partial charge in [-0.1, -0.05) is 0 Å². The van der Waals surface area contributed by atoms with Gasteiger partial charge in [0.25, 0.3) is 0 Å². The fourth-order valence-corrected chi connectivity index (χ4v) is 4.24. The first kappa shape index (κ1) is 16.7. The molecule has 0 spiro atoms. The van der Waals surface area contributed by atoms with Crippen LogP contribution in [-0.2, 0) is 16.0 Å². The predicted octanol–water partition coefficient (Wildman–Crippen LogP) is 1.39. The molecule has 6 nitrogen and oxygen atoms in total. The van der Waals surface area contributed by atoms with E-state index in [-0.39, 0.29) is 30.0 Å². The minimum atomic E-state index is -0.333. The van der Waals surface area contributed by atoms with Crippen molar-refractivity contribution in [2.75, 3.05) is 26.4 Å². The van der Waals surface area contributed by atoms with Crippen LogP contribution in [0.15, 0.2) is 18.2 Å². The Morgan fingerprint density at radius 2 is 2.04 bits per heavy atom. The van der Waals surface area contributed by atoms with Crippen LogP contribution in [0.2, 0.25) is 0 Å². The molecule has 2 bridgehead atoms. The molecule has 1 aromatic rings. The number of carbonyl (C=O) groups is 1. The standard InChI is InChI=1S/C19H25NO5/c1-2-24-17-3-4-18-12(6-17)5-13(9-25-18)19(22)20-14-7-16(21)8-15(20)11-23-10-14/h3-4,6,13-16,21H,2,5,7-11H2,1H3/t13?,14-,15+,16?. The second kappa shape index (κ2) is 6.84. The highest BCUT2D eigenvalue weighted by Gasteiger charge is 2.43. The molecular weight excluding hydrogens is 322 g/mol. The number of hydrogen-bond acceptors (Lipinski definition) is 5. The average Bonchev–Trinajstić information content (AvgIpc) is 2.60. The van der Waals surface area contributed by atoms with Crippen LogP contribution < -0.4 is 9.47 Å². The van der Waals surface area contributed by atoms with Crippen molar-refractivity contribution in [2.24, 2.45) is 5.92 Å².